The van der Waals surface area contributed by atoms with Crippen molar-refractivity contribution >= 4 is 11.9 Å². The summed E-state index contributed by atoms with van der Waals surface area (Å²) >= 11 is 0. The number of hydrogen-bond acceptors (Lipinski definition) is 3. The van der Waals surface area contributed by atoms with Crippen LogP contribution >= 0.6 is 0 Å². The van der Waals surface area contributed by atoms with E-state index >= 15 is 0 Å². The Bertz CT molecular complexity index is 261. The number of ether oxygens (including phenoxy) is 1. The van der Waals surface area contributed by atoms with Gasteiger partial charge in [-0.3, -0.25) is 4.79 Å². The van der Waals surface area contributed by atoms with Gasteiger partial charge in [-0.1, -0.05) is 20.3 Å². The second-order valence-corrected chi connectivity index (χ2v) is 4.21. The minimum Gasteiger partial charge on any atom is -0.480 e. The highest BCUT2D eigenvalue weighted by Gasteiger charge is 2.30. The van der Waals surface area contributed by atoms with Gasteiger partial charge in [-0.25, -0.2) is 4.79 Å². The molecule has 1 aliphatic rings. The predicted molar refractivity (Wildman–Crippen MR) is 58.0 cm³/mol. The molecule has 0 bridgehead atoms. The van der Waals surface area contributed by atoms with Crippen LogP contribution in [0, 0.1) is 5.92 Å². The van der Waals surface area contributed by atoms with Gasteiger partial charge in [-0.15, -0.1) is 0 Å². The molecule has 5 nitrogen and oxygen atoms in total. The van der Waals surface area contributed by atoms with Gasteiger partial charge >= 0.3 is 5.97 Å². The Balaban J connectivity index is 2.53. The van der Waals surface area contributed by atoms with Gasteiger partial charge in [0.15, 0.2) is 0 Å². The Kier molecular flexibility index (Phi) is 4.73. The first-order valence-electron chi connectivity index (χ1n) is 5.71. The zero-order valence-corrected chi connectivity index (χ0v) is 9.73. The first-order valence-corrected chi connectivity index (χ1v) is 5.71. The first-order chi connectivity index (χ1) is 7.56. The maximum absolute atomic E-state index is 11.7. The molecule has 0 spiro atoms. The summed E-state index contributed by atoms with van der Waals surface area (Å²) < 4.78 is 5.20. The molecule has 5 heteroatoms. The molecule has 2 N–H and O–H groups in total. The van der Waals surface area contributed by atoms with Crippen LogP contribution in [-0.2, 0) is 14.3 Å². The van der Waals surface area contributed by atoms with Crippen molar-refractivity contribution < 1.29 is 19.4 Å². The van der Waals surface area contributed by atoms with Crippen molar-refractivity contribution in [2.45, 2.75) is 45.3 Å². The fourth-order valence-electron chi connectivity index (χ4n) is 1.71. The summed E-state index contributed by atoms with van der Waals surface area (Å²) in [6.45, 7) is 4.30. The minimum absolute atomic E-state index is 0.0807. The van der Waals surface area contributed by atoms with E-state index in [-0.39, 0.29) is 11.8 Å². The second-order valence-electron chi connectivity index (χ2n) is 4.21. The van der Waals surface area contributed by atoms with E-state index in [1.54, 1.807) is 0 Å². The lowest BCUT2D eigenvalue weighted by Gasteiger charge is -2.21. The lowest BCUT2D eigenvalue weighted by molar-refractivity contribution is -0.145. The van der Waals surface area contributed by atoms with E-state index in [2.05, 4.69) is 5.32 Å². The molecule has 1 fully saturated rings. The largest absolute Gasteiger partial charge is 0.480 e. The van der Waals surface area contributed by atoms with Crippen molar-refractivity contribution in [3.8, 4) is 0 Å². The smallest absolute Gasteiger partial charge is 0.326 e. The Morgan fingerprint density at radius 3 is 2.69 bits per heavy atom. The van der Waals surface area contributed by atoms with E-state index in [9.17, 15) is 9.59 Å². The maximum Gasteiger partial charge on any atom is 0.326 e. The van der Waals surface area contributed by atoms with Crippen molar-refractivity contribution in [3.63, 3.8) is 0 Å². The monoisotopic (exact) mass is 229 g/mol. The molecule has 0 saturated carbocycles. The average Bonchev–Trinajstić information content (AvgIpc) is 2.77. The van der Waals surface area contributed by atoms with Gasteiger partial charge in [-0.05, 0) is 18.8 Å². The van der Waals surface area contributed by atoms with Crippen LogP contribution in [0.5, 0.6) is 0 Å². The lowest BCUT2D eigenvalue weighted by Crippen LogP contribution is -2.48. The SMILES string of the molecule is CCC(C)[C@H](NC(=O)[C@@H]1CCCO1)C(=O)O. The second kappa shape index (κ2) is 5.84. The van der Waals surface area contributed by atoms with E-state index in [1.807, 2.05) is 13.8 Å². The third-order valence-electron chi connectivity index (χ3n) is 3.00. The summed E-state index contributed by atoms with van der Waals surface area (Å²) in [4.78, 5) is 22.7. The Morgan fingerprint density at radius 1 is 1.56 bits per heavy atom. The van der Waals surface area contributed by atoms with Crippen LogP contribution in [0.15, 0.2) is 0 Å². The fourth-order valence-corrected chi connectivity index (χ4v) is 1.71. The van der Waals surface area contributed by atoms with Crippen LogP contribution in [0.3, 0.4) is 0 Å². The van der Waals surface area contributed by atoms with Crippen molar-refractivity contribution in [2.24, 2.45) is 5.92 Å². The highest BCUT2D eigenvalue weighted by Crippen LogP contribution is 2.14. The zero-order chi connectivity index (χ0) is 12.1. The van der Waals surface area contributed by atoms with Gasteiger partial charge in [-0.2, -0.15) is 0 Å². The van der Waals surface area contributed by atoms with Crippen LogP contribution in [0.1, 0.15) is 33.1 Å². The summed E-state index contributed by atoms with van der Waals surface area (Å²) in [6, 6.07) is -0.818. The number of carbonyl (C=O) groups is 2. The lowest BCUT2D eigenvalue weighted by atomic mass is 9.99. The summed E-state index contributed by atoms with van der Waals surface area (Å²) in [7, 11) is 0. The Hall–Kier alpha value is -1.10. The number of nitrogens with one attached hydrogen (secondary N) is 1. The summed E-state index contributed by atoms with van der Waals surface area (Å²) in [5.74, 6) is -1.37. The van der Waals surface area contributed by atoms with Crippen molar-refractivity contribution in [2.75, 3.05) is 6.61 Å². The number of carboxylic acids is 1. The fraction of sp³-hybridized carbons (Fsp3) is 0.818. The highest BCUT2D eigenvalue weighted by atomic mass is 16.5. The summed E-state index contributed by atoms with van der Waals surface area (Å²) in [5.41, 5.74) is 0. The van der Waals surface area contributed by atoms with Gasteiger partial charge < -0.3 is 15.2 Å². The third-order valence-corrected chi connectivity index (χ3v) is 3.00. The number of aliphatic carboxylic acids is 1. The molecule has 1 rings (SSSR count). The Labute approximate surface area is 95.2 Å². The number of rotatable bonds is 5. The van der Waals surface area contributed by atoms with Crippen LogP contribution in [-0.4, -0.2) is 35.7 Å². The van der Waals surface area contributed by atoms with Crippen LogP contribution in [0.4, 0.5) is 0 Å². The normalized spacial score (nSPS) is 23.8. The van der Waals surface area contributed by atoms with Gasteiger partial charge in [0.25, 0.3) is 0 Å². The molecular formula is C11H19NO4. The molecule has 0 aromatic rings. The van der Waals surface area contributed by atoms with E-state index in [4.69, 9.17) is 9.84 Å². The number of carbonyl (C=O) groups excluding carboxylic acids is 1. The van der Waals surface area contributed by atoms with Crippen molar-refractivity contribution in [1.29, 1.82) is 0 Å². The summed E-state index contributed by atoms with van der Waals surface area (Å²) in [5, 5.41) is 11.6. The van der Waals surface area contributed by atoms with Gasteiger partial charge in [0, 0.05) is 6.61 Å². The molecule has 1 heterocycles. The van der Waals surface area contributed by atoms with Crippen molar-refractivity contribution in [3.05, 3.63) is 0 Å². The molecule has 0 aromatic heterocycles. The van der Waals surface area contributed by atoms with Crippen LogP contribution in [0.25, 0.3) is 0 Å². The maximum atomic E-state index is 11.7. The summed E-state index contributed by atoms with van der Waals surface area (Å²) in [6.07, 6.45) is 1.78. The molecular weight excluding hydrogens is 210 g/mol. The van der Waals surface area contributed by atoms with Crippen LogP contribution in [0.2, 0.25) is 0 Å². The molecule has 1 amide bonds. The predicted octanol–water partition coefficient (Wildman–Crippen LogP) is 0.781. The van der Waals surface area contributed by atoms with Gasteiger partial charge in [0.05, 0.1) is 0 Å². The minimum atomic E-state index is -0.985. The van der Waals surface area contributed by atoms with E-state index in [1.165, 1.54) is 0 Å². The molecule has 16 heavy (non-hydrogen) atoms. The van der Waals surface area contributed by atoms with E-state index < -0.39 is 18.1 Å². The molecule has 1 aliphatic heterocycles. The molecule has 1 unspecified atom stereocenters. The van der Waals surface area contributed by atoms with Crippen molar-refractivity contribution in [1.82, 2.24) is 5.32 Å². The Morgan fingerprint density at radius 2 is 2.25 bits per heavy atom. The first kappa shape index (κ1) is 13.0. The topological polar surface area (TPSA) is 75.6 Å². The molecule has 1 saturated heterocycles. The quantitative estimate of drug-likeness (QED) is 0.730. The highest BCUT2D eigenvalue weighted by molar-refractivity contribution is 5.86. The molecule has 0 aliphatic carbocycles. The molecule has 3 atom stereocenters. The number of carboxylic acid groups (broad SMARTS) is 1. The van der Waals surface area contributed by atoms with E-state index in [0.29, 0.717) is 19.4 Å². The van der Waals surface area contributed by atoms with Gasteiger partial charge in [0.2, 0.25) is 5.91 Å². The zero-order valence-electron chi connectivity index (χ0n) is 9.73. The van der Waals surface area contributed by atoms with E-state index in [0.717, 1.165) is 6.42 Å². The molecule has 92 valence electrons. The van der Waals surface area contributed by atoms with Crippen LogP contribution < -0.4 is 5.32 Å². The molecule has 0 aromatic carbocycles. The molecule has 0 radical (unpaired) electrons. The average molecular weight is 229 g/mol. The van der Waals surface area contributed by atoms with Gasteiger partial charge in [0.1, 0.15) is 12.1 Å². The third kappa shape index (κ3) is 3.20. The number of amides is 1. The number of hydrogen-bond donors (Lipinski definition) is 2. The standard InChI is InChI=1S/C11H19NO4/c1-3-7(2)9(11(14)15)12-10(13)8-5-4-6-16-8/h7-9H,3-6H2,1-2H3,(H,12,13)(H,14,15)/t7?,8-,9-/m0/s1.